The van der Waals surface area contributed by atoms with Crippen molar-refractivity contribution >= 4 is 17.6 Å². The molecule has 0 aromatic heterocycles. The lowest BCUT2D eigenvalue weighted by Crippen LogP contribution is -2.56. The van der Waals surface area contributed by atoms with Gasteiger partial charge in [-0.3, -0.25) is 9.59 Å². The number of hydrogen-bond acceptors (Lipinski definition) is 3. The van der Waals surface area contributed by atoms with Gasteiger partial charge in [0, 0.05) is 12.2 Å². The van der Waals surface area contributed by atoms with E-state index in [1.54, 1.807) is 17.9 Å². The van der Waals surface area contributed by atoms with Crippen molar-refractivity contribution in [3.63, 3.8) is 0 Å². The first-order valence-corrected chi connectivity index (χ1v) is 7.35. The highest BCUT2D eigenvalue weighted by atomic mass is 16.4. The van der Waals surface area contributed by atoms with E-state index in [0.717, 1.165) is 12.8 Å². The fraction of sp³-hybridized carbons (Fsp3) is 0.500. The summed E-state index contributed by atoms with van der Waals surface area (Å²) in [5.41, 5.74) is 6.78. The summed E-state index contributed by atoms with van der Waals surface area (Å²) in [6, 6.07) is 7.24. The molecule has 1 aromatic carbocycles. The zero-order valence-corrected chi connectivity index (χ0v) is 12.1. The molecule has 0 radical (unpaired) electrons. The monoisotopic (exact) mass is 288 g/mol. The van der Waals surface area contributed by atoms with E-state index in [4.69, 9.17) is 5.73 Å². The third-order valence-corrected chi connectivity index (χ3v) is 4.67. The van der Waals surface area contributed by atoms with Crippen LogP contribution >= 0.6 is 0 Å². The van der Waals surface area contributed by atoms with Gasteiger partial charge in [0.1, 0.15) is 0 Å². The van der Waals surface area contributed by atoms with Gasteiger partial charge in [-0.1, -0.05) is 18.2 Å². The van der Waals surface area contributed by atoms with E-state index in [1.165, 1.54) is 0 Å². The van der Waals surface area contributed by atoms with E-state index in [2.05, 4.69) is 0 Å². The summed E-state index contributed by atoms with van der Waals surface area (Å²) in [7, 11) is 0. The van der Waals surface area contributed by atoms with E-state index in [9.17, 15) is 14.7 Å². The van der Waals surface area contributed by atoms with Crippen LogP contribution < -0.4 is 10.6 Å². The molecule has 0 bridgehead atoms. The van der Waals surface area contributed by atoms with E-state index in [0.29, 0.717) is 24.2 Å². The summed E-state index contributed by atoms with van der Waals surface area (Å²) < 4.78 is 0. The smallest absolute Gasteiger partial charge is 0.311 e. The molecule has 3 rings (SSSR count). The minimum absolute atomic E-state index is 0.0960. The molecule has 112 valence electrons. The molecule has 2 aliphatic rings. The standard InChI is InChI=1S/C16H20N2O3/c1-16(17,10-6-7-10)15(21)18-9-8-12(14(19)20)11-4-2-3-5-13(11)18/h2-5,10,12H,6-9,17H2,1H3,(H,19,20). The van der Waals surface area contributed by atoms with Crippen molar-refractivity contribution in [2.24, 2.45) is 11.7 Å². The number of hydrogen-bond donors (Lipinski definition) is 2. The van der Waals surface area contributed by atoms with Gasteiger partial charge in [0.25, 0.3) is 0 Å². The van der Waals surface area contributed by atoms with Crippen molar-refractivity contribution in [1.82, 2.24) is 0 Å². The number of amides is 1. The molecular weight excluding hydrogens is 268 g/mol. The number of nitrogens with zero attached hydrogens (tertiary/aromatic N) is 1. The molecule has 1 aliphatic heterocycles. The number of carbonyl (C=O) groups excluding carboxylic acids is 1. The van der Waals surface area contributed by atoms with Crippen LogP contribution in [0.4, 0.5) is 5.69 Å². The van der Waals surface area contributed by atoms with Crippen molar-refractivity contribution < 1.29 is 14.7 Å². The van der Waals surface area contributed by atoms with E-state index in [1.807, 2.05) is 18.2 Å². The molecule has 2 atom stereocenters. The minimum Gasteiger partial charge on any atom is -0.481 e. The van der Waals surface area contributed by atoms with Crippen LogP contribution in [-0.2, 0) is 9.59 Å². The number of aliphatic carboxylic acids is 1. The minimum atomic E-state index is -0.858. The van der Waals surface area contributed by atoms with Crippen LogP contribution in [0, 0.1) is 5.92 Å². The Morgan fingerprint density at radius 1 is 1.29 bits per heavy atom. The number of nitrogens with two attached hydrogens (primary N) is 1. The molecule has 0 spiro atoms. The summed E-state index contributed by atoms with van der Waals surface area (Å²) in [6.45, 7) is 2.20. The fourth-order valence-corrected chi connectivity index (χ4v) is 3.18. The van der Waals surface area contributed by atoms with Crippen molar-refractivity contribution in [1.29, 1.82) is 0 Å². The maximum absolute atomic E-state index is 12.8. The van der Waals surface area contributed by atoms with Crippen LogP contribution in [0.2, 0.25) is 0 Å². The van der Waals surface area contributed by atoms with Gasteiger partial charge >= 0.3 is 5.97 Å². The topological polar surface area (TPSA) is 83.6 Å². The van der Waals surface area contributed by atoms with Crippen LogP contribution in [0.15, 0.2) is 24.3 Å². The number of benzene rings is 1. The zero-order valence-electron chi connectivity index (χ0n) is 12.1. The fourth-order valence-electron chi connectivity index (χ4n) is 3.18. The van der Waals surface area contributed by atoms with Gasteiger partial charge in [0.05, 0.1) is 11.5 Å². The Hall–Kier alpha value is -1.88. The van der Waals surface area contributed by atoms with Crippen molar-refractivity contribution in [3.8, 4) is 0 Å². The summed E-state index contributed by atoms with van der Waals surface area (Å²) in [5, 5.41) is 9.34. The second kappa shape index (κ2) is 4.84. The summed E-state index contributed by atoms with van der Waals surface area (Å²) in [5.74, 6) is -1.24. The Kier molecular flexibility index (Phi) is 3.24. The predicted octanol–water partition coefficient (Wildman–Crippen LogP) is 1.72. The Bertz CT molecular complexity index is 593. The lowest BCUT2D eigenvalue weighted by Gasteiger charge is -2.37. The Balaban J connectivity index is 1.96. The second-order valence-corrected chi connectivity index (χ2v) is 6.25. The van der Waals surface area contributed by atoms with Gasteiger partial charge in [-0.25, -0.2) is 0 Å². The largest absolute Gasteiger partial charge is 0.481 e. The number of anilines is 1. The number of carboxylic acids is 1. The van der Waals surface area contributed by atoms with Crippen LogP contribution in [0.1, 0.15) is 37.7 Å². The Morgan fingerprint density at radius 2 is 1.95 bits per heavy atom. The SMILES string of the molecule is CC(N)(C(=O)N1CCC(C(=O)O)c2ccccc21)C1CC1. The molecule has 5 heteroatoms. The first-order chi connectivity index (χ1) is 9.93. The molecule has 1 aliphatic carbocycles. The maximum atomic E-state index is 12.8. The molecule has 2 unspecified atom stereocenters. The van der Waals surface area contributed by atoms with Gasteiger partial charge in [-0.05, 0) is 43.7 Å². The van der Waals surface area contributed by atoms with Crippen molar-refractivity contribution in [2.45, 2.75) is 37.6 Å². The lowest BCUT2D eigenvalue weighted by atomic mass is 9.87. The Morgan fingerprint density at radius 3 is 2.57 bits per heavy atom. The maximum Gasteiger partial charge on any atom is 0.311 e. The molecule has 1 amide bonds. The van der Waals surface area contributed by atoms with Gasteiger partial charge in [0.2, 0.25) is 5.91 Å². The van der Waals surface area contributed by atoms with Crippen LogP contribution in [0.5, 0.6) is 0 Å². The quantitative estimate of drug-likeness (QED) is 0.887. The van der Waals surface area contributed by atoms with Crippen molar-refractivity contribution in [3.05, 3.63) is 29.8 Å². The molecule has 1 fully saturated rings. The van der Waals surface area contributed by atoms with Gasteiger partial charge < -0.3 is 15.7 Å². The third-order valence-electron chi connectivity index (χ3n) is 4.67. The number of para-hydroxylation sites is 1. The number of rotatable bonds is 3. The van der Waals surface area contributed by atoms with Gasteiger partial charge in [-0.15, -0.1) is 0 Å². The number of fused-ring (bicyclic) bond motifs is 1. The summed E-state index contributed by atoms with van der Waals surface area (Å²) >= 11 is 0. The van der Waals surface area contributed by atoms with E-state index in [-0.39, 0.29) is 11.8 Å². The molecule has 5 nitrogen and oxygen atoms in total. The second-order valence-electron chi connectivity index (χ2n) is 6.25. The molecule has 1 aromatic rings. The molecule has 1 saturated carbocycles. The van der Waals surface area contributed by atoms with Crippen LogP contribution in [0.25, 0.3) is 0 Å². The predicted molar refractivity (Wildman–Crippen MR) is 79.1 cm³/mol. The molecular formula is C16H20N2O3. The summed E-state index contributed by atoms with van der Waals surface area (Å²) in [6.07, 6.45) is 2.41. The van der Waals surface area contributed by atoms with Gasteiger partial charge in [0.15, 0.2) is 0 Å². The van der Waals surface area contributed by atoms with Crippen molar-refractivity contribution in [2.75, 3.05) is 11.4 Å². The van der Waals surface area contributed by atoms with E-state index >= 15 is 0 Å². The summed E-state index contributed by atoms with van der Waals surface area (Å²) in [4.78, 5) is 25.8. The molecule has 3 N–H and O–H groups in total. The number of carbonyl (C=O) groups is 2. The highest BCUT2D eigenvalue weighted by Crippen LogP contribution is 2.42. The first kappa shape index (κ1) is 14.1. The average Bonchev–Trinajstić information content (AvgIpc) is 3.30. The average molecular weight is 288 g/mol. The third kappa shape index (κ3) is 2.31. The zero-order chi connectivity index (χ0) is 15.2. The van der Waals surface area contributed by atoms with Crippen LogP contribution in [-0.4, -0.2) is 29.1 Å². The lowest BCUT2D eigenvalue weighted by molar-refractivity contribution is -0.139. The molecule has 0 saturated heterocycles. The Labute approximate surface area is 123 Å². The van der Waals surface area contributed by atoms with E-state index < -0.39 is 17.4 Å². The first-order valence-electron chi connectivity index (χ1n) is 7.35. The van der Waals surface area contributed by atoms with Gasteiger partial charge in [-0.2, -0.15) is 0 Å². The highest BCUT2D eigenvalue weighted by Gasteiger charge is 2.47. The molecule has 21 heavy (non-hydrogen) atoms. The molecule has 1 heterocycles. The van der Waals surface area contributed by atoms with Crippen LogP contribution in [0.3, 0.4) is 0 Å². The highest BCUT2D eigenvalue weighted by molar-refractivity contribution is 6.02. The number of carboxylic acid groups (broad SMARTS) is 1. The normalized spacial score (nSPS) is 24.1.